The summed E-state index contributed by atoms with van der Waals surface area (Å²) in [6.07, 6.45) is 1.24. The van der Waals surface area contributed by atoms with Gasteiger partial charge in [-0.3, -0.25) is 0 Å². The molecule has 1 heterocycles. The average Bonchev–Trinajstić information content (AvgIpc) is 2.43. The molecule has 1 aromatic carbocycles. The number of likely N-dealkylation sites (tertiary alicyclic amines) is 1. The molecule has 5 heteroatoms. The number of ether oxygens (including phenoxy) is 1. The first-order valence-electron chi connectivity index (χ1n) is 7.38. The number of halogens is 1. The van der Waals surface area contributed by atoms with Crippen LogP contribution in [0.15, 0.2) is 18.2 Å². The Morgan fingerprint density at radius 2 is 2.24 bits per heavy atom. The molecule has 1 aliphatic heterocycles. The highest BCUT2D eigenvalue weighted by Crippen LogP contribution is 2.30. The second-order valence-corrected chi connectivity index (χ2v) is 6.04. The van der Waals surface area contributed by atoms with Crippen LogP contribution in [0.1, 0.15) is 37.9 Å². The molecule has 2 N–H and O–H groups in total. The SMILES string of the molecule is COc1cccc(F)c1C(O)CCN1CCCC(C)(O)C1. The second-order valence-electron chi connectivity index (χ2n) is 6.04. The molecule has 1 aliphatic rings. The van der Waals surface area contributed by atoms with Crippen molar-refractivity contribution in [2.75, 3.05) is 26.7 Å². The molecular weight excluding hydrogens is 273 g/mol. The van der Waals surface area contributed by atoms with Crippen LogP contribution in [0.2, 0.25) is 0 Å². The molecule has 2 rings (SSSR count). The number of aliphatic hydroxyl groups is 2. The summed E-state index contributed by atoms with van der Waals surface area (Å²) in [6, 6.07) is 4.53. The predicted octanol–water partition coefficient (Wildman–Crippen LogP) is 2.10. The molecule has 0 bridgehead atoms. The monoisotopic (exact) mass is 297 g/mol. The number of benzene rings is 1. The second kappa shape index (κ2) is 6.73. The topological polar surface area (TPSA) is 52.9 Å². The van der Waals surface area contributed by atoms with Crippen molar-refractivity contribution in [2.45, 2.75) is 37.9 Å². The number of hydrogen-bond donors (Lipinski definition) is 2. The summed E-state index contributed by atoms with van der Waals surface area (Å²) in [5.41, 5.74) is -0.456. The molecule has 0 saturated carbocycles. The first kappa shape index (κ1) is 16.2. The first-order chi connectivity index (χ1) is 9.93. The van der Waals surface area contributed by atoms with Gasteiger partial charge >= 0.3 is 0 Å². The molecule has 0 spiro atoms. The van der Waals surface area contributed by atoms with Gasteiger partial charge in [0.15, 0.2) is 0 Å². The summed E-state index contributed by atoms with van der Waals surface area (Å²) in [7, 11) is 1.47. The van der Waals surface area contributed by atoms with Gasteiger partial charge in [0.05, 0.1) is 24.4 Å². The van der Waals surface area contributed by atoms with E-state index in [0.29, 0.717) is 25.3 Å². The fourth-order valence-electron chi connectivity index (χ4n) is 2.98. The molecule has 1 fully saturated rings. The van der Waals surface area contributed by atoms with Crippen molar-refractivity contribution < 1.29 is 19.3 Å². The number of nitrogens with zero attached hydrogens (tertiary/aromatic N) is 1. The minimum absolute atomic E-state index is 0.212. The molecule has 0 amide bonds. The number of methoxy groups -OCH3 is 1. The minimum Gasteiger partial charge on any atom is -0.496 e. The number of rotatable bonds is 5. The lowest BCUT2D eigenvalue weighted by atomic mass is 9.94. The number of β-amino-alcohol motifs (C(OH)–C–C–N with tert-alkyl or cyclic N) is 1. The van der Waals surface area contributed by atoms with E-state index in [9.17, 15) is 14.6 Å². The van der Waals surface area contributed by atoms with Crippen LogP contribution in [-0.2, 0) is 0 Å². The van der Waals surface area contributed by atoms with Crippen molar-refractivity contribution in [1.82, 2.24) is 4.90 Å². The minimum atomic E-state index is -0.909. The zero-order valence-corrected chi connectivity index (χ0v) is 12.7. The van der Waals surface area contributed by atoms with Crippen LogP contribution in [0.3, 0.4) is 0 Å². The van der Waals surface area contributed by atoms with Gasteiger partial charge in [0.25, 0.3) is 0 Å². The smallest absolute Gasteiger partial charge is 0.132 e. The van der Waals surface area contributed by atoms with Gasteiger partial charge in [-0.1, -0.05) is 6.07 Å². The quantitative estimate of drug-likeness (QED) is 0.874. The van der Waals surface area contributed by atoms with Crippen LogP contribution in [0.5, 0.6) is 5.75 Å². The maximum absolute atomic E-state index is 13.9. The Bertz CT molecular complexity index is 479. The van der Waals surface area contributed by atoms with E-state index in [0.717, 1.165) is 19.4 Å². The van der Waals surface area contributed by atoms with Gasteiger partial charge in [-0.25, -0.2) is 4.39 Å². The van der Waals surface area contributed by atoms with Crippen molar-refractivity contribution in [3.63, 3.8) is 0 Å². The Kier molecular flexibility index (Phi) is 5.19. The lowest BCUT2D eigenvalue weighted by molar-refractivity contribution is -0.0193. The largest absolute Gasteiger partial charge is 0.496 e. The lowest BCUT2D eigenvalue weighted by Crippen LogP contribution is -2.46. The van der Waals surface area contributed by atoms with Crippen molar-refractivity contribution in [3.05, 3.63) is 29.6 Å². The van der Waals surface area contributed by atoms with Crippen LogP contribution in [0.25, 0.3) is 0 Å². The van der Waals surface area contributed by atoms with Gasteiger partial charge in [-0.05, 0) is 44.9 Å². The lowest BCUT2D eigenvalue weighted by Gasteiger charge is -2.37. The van der Waals surface area contributed by atoms with Crippen molar-refractivity contribution in [1.29, 1.82) is 0 Å². The van der Waals surface area contributed by atoms with Crippen molar-refractivity contribution in [2.24, 2.45) is 0 Å². The van der Waals surface area contributed by atoms with Crippen LogP contribution >= 0.6 is 0 Å². The standard InChI is InChI=1S/C16H24FNO3/c1-16(20)8-4-9-18(11-16)10-7-13(19)15-12(17)5-3-6-14(15)21-2/h3,5-6,13,19-20H,4,7-11H2,1-2H3. The molecule has 0 aromatic heterocycles. The third-order valence-electron chi connectivity index (χ3n) is 4.04. The van der Waals surface area contributed by atoms with E-state index >= 15 is 0 Å². The highest BCUT2D eigenvalue weighted by molar-refractivity contribution is 5.36. The van der Waals surface area contributed by atoms with E-state index in [1.165, 1.54) is 13.2 Å². The van der Waals surface area contributed by atoms with E-state index < -0.39 is 17.5 Å². The summed E-state index contributed by atoms with van der Waals surface area (Å²) in [4.78, 5) is 2.11. The van der Waals surface area contributed by atoms with Crippen LogP contribution in [-0.4, -0.2) is 47.5 Å². The molecule has 0 aliphatic carbocycles. The highest BCUT2D eigenvalue weighted by atomic mass is 19.1. The molecule has 1 aromatic rings. The van der Waals surface area contributed by atoms with E-state index in [-0.39, 0.29) is 5.56 Å². The molecule has 2 unspecified atom stereocenters. The highest BCUT2D eigenvalue weighted by Gasteiger charge is 2.28. The molecule has 1 saturated heterocycles. The van der Waals surface area contributed by atoms with E-state index in [1.54, 1.807) is 12.1 Å². The average molecular weight is 297 g/mol. The van der Waals surface area contributed by atoms with E-state index in [4.69, 9.17) is 4.74 Å². The van der Waals surface area contributed by atoms with Gasteiger partial charge in [0.2, 0.25) is 0 Å². The van der Waals surface area contributed by atoms with Gasteiger partial charge in [0, 0.05) is 13.1 Å². The van der Waals surface area contributed by atoms with Crippen LogP contribution in [0.4, 0.5) is 4.39 Å². The van der Waals surface area contributed by atoms with Gasteiger partial charge in [-0.2, -0.15) is 0 Å². The Balaban J connectivity index is 1.97. The maximum Gasteiger partial charge on any atom is 0.132 e. The Morgan fingerprint density at radius 3 is 2.90 bits per heavy atom. The molecule has 21 heavy (non-hydrogen) atoms. The Labute approximate surface area is 125 Å². The molecule has 4 nitrogen and oxygen atoms in total. The third kappa shape index (κ3) is 4.15. The first-order valence-corrected chi connectivity index (χ1v) is 7.38. The van der Waals surface area contributed by atoms with Gasteiger partial charge in [-0.15, -0.1) is 0 Å². The number of hydrogen-bond acceptors (Lipinski definition) is 4. The van der Waals surface area contributed by atoms with Gasteiger partial charge < -0.3 is 19.8 Å². The summed E-state index contributed by atoms with van der Waals surface area (Å²) in [6.45, 7) is 3.94. The Hall–Kier alpha value is -1.17. The molecular formula is C16H24FNO3. The number of aliphatic hydroxyl groups excluding tert-OH is 1. The zero-order valence-electron chi connectivity index (χ0n) is 12.7. The van der Waals surface area contributed by atoms with Crippen LogP contribution in [0, 0.1) is 5.82 Å². The third-order valence-corrected chi connectivity index (χ3v) is 4.04. The fourth-order valence-corrected chi connectivity index (χ4v) is 2.98. The predicted molar refractivity (Wildman–Crippen MR) is 78.8 cm³/mol. The zero-order chi connectivity index (χ0) is 15.5. The summed E-state index contributed by atoms with van der Waals surface area (Å²) in [5, 5.41) is 20.3. The molecule has 2 atom stereocenters. The van der Waals surface area contributed by atoms with E-state index in [1.807, 2.05) is 6.92 Å². The number of piperidine rings is 1. The summed E-state index contributed by atoms with van der Waals surface area (Å²) in [5.74, 6) is -0.0827. The summed E-state index contributed by atoms with van der Waals surface area (Å²) >= 11 is 0. The van der Waals surface area contributed by atoms with Crippen molar-refractivity contribution >= 4 is 0 Å². The fraction of sp³-hybridized carbons (Fsp3) is 0.625. The molecule has 118 valence electrons. The van der Waals surface area contributed by atoms with Crippen LogP contribution < -0.4 is 4.74 Å². The maximum atomic E-state index is 13.9. The van der Waals surface area contributed by atoms with Crippen molar-refractivity contribution in [3.8, 4) is 5.75 Å². The normalized spacial score (nSPS) is 24.8. The Morgan fingerprint density at radius 1 is 1.48 bits per heavy atom. The van der Waals surface area contributed by atoms with E-state index in [2.05, 4.69) is 4.90 Å². The van der Waals surface area contributed by atoms with Gasteiger partial charge in [0.1, 0.15) is 11.6 Å². The molecule has 0 radical (unpaired) electrons. The summed E-state index contributed by atoms with van der Waals surface area (Å²) < 4.78 is 19.0.